The fourth-order valence-electron chi connectivity index (χ4n) is 1.90. The van der Waals surface area contributed by atoms with Crippen molar-refractivity contribution in [3.63, 3.8) is 0 Å². The maximum atomic E-state index is 6.10. The summed E-state index contributed by atoms with van der Waals surface area (Å²) >= 11 is 6.10. The molecule has 0 saturated carbocycles. The van der Waals surface area contributed by atoms with Gasteiger partial charge in [-0.2, -0.15) is 0 Å². The zero-order valence-electron chi connectivity index (χ0n) is 11.4. The van der Waals surface area contributed by atoms with Crippen LogP contribution in [0.3, 0.4) is 0 Å². The third-order valence-electron chi connectivity index (χ3n) is 3.13. The molecule has 0 aliphatic carbocycles. The first-order chi connectivity index (χ1) is 8.65. The second kappa shape index (κ2) is 8.39. The molecular formula is C15H24ClNO. The lowest BCUT2D eigenvalue weighted by Crippen LogP contribution is -2.09. The van der Waals surface area contributed by atoms with Gasteiger partial charge >= 0.3 is 0 Å². The predicted molar refractivity (Wildman–Crippen MR) is 78.9 cm³/mol. The Balaban J connectivity index is 2.31. The van der Waals surface area contributed by atoms with Crippen LogP contribution in [-0.4, -0.2) is 6.10 Å². The summed E-state index contributed by atoms with van der Waals surface area (Å²) in [5.41, 5.74) is 7.49. The average molecular weight is 270 g/mol. The number of hydrogen-bond donors (Lipinski definition) is 1. The highest BCUT2D eigenvalue weighted by Crippen LogP contribution is 2.23. The maximum absolute atomic E-state index is 6.10. The highest BCUT2D eigenvalue weighted by atomic mass is 35.5. The fraction of sp³-hybridized carbons (Fsp3) is 0.600. The van der Waals surface area contributed by atoms with Crippen LogP contribution in [0.15, 0.2) is 18.2 Å². The van der Waals surface area contributed by atoms with Gasteiger partial charge in [0.15, 0.2) is 0 Å². The first-order valence-corrected chi connectivity index (χ1v) is 7.17. The van der Waals surface area contributed by atoms with Crippen LogP contribution in [0.5, 0.6) is 0 Å². The number of ether oxygens (including phenoxy) is 1. The van der Waals surface area contributed by atoms with Gasteiger partial charge in [-0.05, 0) is 25.5 Å². The minimum absolute atomic E-state index is 0.262. The van der Waals surface area contributed by atoms with E-state index in [2.05, 4.69) is 13.8 Å². The van der Waals surface area contributed by atoms with Crippen LogP contribution in [-0.2, 0) is 11.3 Å². The van der Waals surface area contributed by atoms with Crippen molar-refractivity contribution in [3.05, 3.63) is 28.8 Å². The number of anilines is 1. The van der Waals surface area contributed by atoms with E-state index in [1.54, 1.807) is 0 Å². The Hall–Kier alpha value is -0.730. The summed E-state index contributed by atoms with van der Waals surface area (Å²) in [7, 11) is 0. The van der Waals surface area contributed by atoms with Gasteiger partial charge in [0.1, 0.15) is 0 Å². The third kappa shape index (κ3) is 5.28. The van der Waals surface area contributed by atoms with Gasteiger partial charge in [0, 0.05) is 16.3 Å². The number of nitrogens with two attached hydrogens (primary N) is 1. The number of halogens is 1. The molecule has 0 amide bonds. The van der Waals surface area contributed by atoms with Gasteiger partial charge in [-0.3, -0.25) is 0 Å². The van der Waals surface area contributed by atoms with Crippen LogP contribution in [0, 0.1) is 0 Å². The van der Waals surface area contributed by atoms with E-state index in [9.17, 15) is 0 Å². The molecule has 0 heterocycles. The molecule has 0 fully saturated rings. The van der Waals surface area contributed by atoms with Gasteiger partial charge < -0.3 is 10.5 Å². The molecule has 0 aromatic heterocycles. The predicted octanol–water partition coefficient (Wildman–Crippen LogP) is 4.80. The first kappa shape index (κ1) is 15.3. The van der Waals surface area contributed by atoms with Crippen molar-refractivity contribution in [2.24, 2.45) is 0 Å². The van der Waals surface area contributed by atoms with E-state index < -0.39 is 0 Å². The van der Waals surface area contributed by atoms with Crippen molar-refractivity contribution in [3.8, 4) is 0 Å². The van der Waals surface area contributed by atoms with Gasteiger partial charge in [-0.25, -0.2) is 0 Å². The molecule has 18 heavy (non-hydrogen) atoms. The smallest absolute Gasteiger partial charge is 0.0755 e. The van der Waals surface area contributed by atoms with E-state index >= 15 is 0 Å². The van der Waals surface area contributed by atoms with Crippen molar-refractivity contribution < 1.29 is 4.74 Å². The number of hydrogen-bond acceptors (Lipinski definition) is 2. The number of benzene rings is 1. The zero-order chi connectivity index (χ0) is 13.4. The number of rotatable bonds is 8. The van der Waals surface area contributed by atoms with Crippen LogP contribution in [0.25, 0.3) is 0 Å². The standard InChI is InChI=1S/C15H24ClNO/c1-3-4-5-6-8-12(2)18-11-13-14(16)9-7-10-15(13)17/h7,9-10,12H,3-6,8,11,17H2,1-2H3. The Bertz CT molecular complexity index is 334. The van der Waals surface area contributed by atoms with Gasteiger partial charge in [0.2, 0.25) is 0 Å². The third-order valence-corrected chi connectivity index (χ3v) is 3.49. The van der Waals surface area contributed by atoms with E-state index in [4.69, 9.17) is 22.1 Å². The average Bonchev–Trinajstić information content (AvgIpc) is 2.34. The maximum Gasteiger partial charge on any atom is 0.0755 e. The first-order valence-electron chi connectivity index (χ1n) is 6.79. The summed E-state index contributed by atoms with van der Waals surface area (Å²) in [5, 5.41) is 0.688. The summed E-state index contributed by atoms with van der Waals surface area (Å²) in [6, 6.07) is 5.56. The van der Waals surface area contributed by atoms with Crippen molar-refractivity contribution in [2.45, 2.75) is 58.7 Å². The lowest BCUT2D eigenvalue weighted by Gasteiger charge is -2.14. The quantitative estimate of drug-likeness (QED) is 0.544. The normalized spacial score (nSPS) is 12.6. The molecule has 0 saturated heterocycles. The molecule has 1 rings (SSSR count). The van der Waals surface area contributed by atoms with Crippen LogP contribution in [0.2, 0.25) is 5.02 Å². The summed E-state index contributed by atoms with van der Waals surface area (Å²) in [6.45, 7) is 4.83. The minimum atomic E-state index is 0.262. The second-order valence-corrected chi connectivity index (χ2v) is 5.19. The molecule has 0 spiro atoms. The fourth-order valence-corrected chi connectivity index (χ4v) is 2.13. The summed E-state index contributed by atoms with van der Waals surface area (Å²) in [6.07, 6.45) is 6.46. The van der Waals surface area contributed by atoms with Gasteiger partial charge in [-0.1, -0.05) is 50.3 Å². The molecule has 0 radical (unpaired) electrons. The van der Waals surface area contributed by atoms with E-state index in [1.165, 1.54) is 25.7 Å². The number of nitrogen functional groups attached to an aromatic ring is 1. The SMILES string of the molecule is CCCCCCC(C)OCc1c(N)cccc1Cl. The molecule has 2 N–H and O–H groups in total. The molecule has 3 heteroatoms. The highest BCUT2D eigenvalue weighted by Gasteiger charge is 2.07. The molecule has 2 nitrogen and oxygen atoms in total. The Kier molecular flexibility index (Phi) is 7.14. The van der Waals surface area contributed by atoms with Gasteiger partial charge in [0.25, 0.3) is 0 Å². The molecule has 1 unspecified atom stereocenters. The van der Waals surface area contributed by atoms with E-state index in [0.29, 0.717) is 17.3 Å². The minimum Gasteiger partial charge on any atom is -0.398 e. The summed E-state index contributed by atoms with van der Waals surface area (Å²) in [4.78, 5) is 0. The largest absolute Gasteiger partial charge is 0.398 e. The van der Waals surface area contributed by atoms with Crippen molar-refractivity contribution in [1.82, 2.24) is 0 Å². The topological polar surface area (TPSA) is 35.2 Å². The van der Waals surface area contributed by atoms with Crippen molar-refractivity contribution >= 4 is 17.3 Å². The Morgan fingerprint density at radius 1 is 1.28 bits per heavy atom. The van der Waals surface area contributed by atoms with Crippen LogP contribution < -0.4 is 5.73 Å². The zero-order valence-corrected chi connectivity index (χ0v) is 12.2. The number of unbranched alkanes of at least 4 members (excludes halogenated alkanes) is 3. The highest BCUT2D eigenvalue weighted by molar-refractivity contribution is 6.31. The van der Waals surface area contributed by atoms with Crippen molar-refractivity contribution in [1.29, 1.82) is 0 Å². The van der Waals surface area contributed by atoms with Crippen LogP contribution >= 0.6 is 11.6 Å². The molecule has 0 aliphatic heterocycles. The molecule has 1 atom stereocenters. The Morgan fingerprint density at radius 2 is 2.06 bits per heavy atom. The summed E-state index contributed by atoms with van der Waals surface area (Å²) in [5.74, 6) is 0. The Morgan fingerprint density at radius 3 is 2.72 bits per heavy atom. The molecule has 102 valence electrons. The van der Waals surface area contributed by atoms with Crippen LogP contribution in [0.1, 0.15) is 51.5 Å². The lowest BCUT2D eigenvalue weighted by molar-refractivity contribution is 0.0462. The van der Waals surface area contributed by atoms with Gasteiger partial charge in [-0.15, -0.1) is 0 Å². The lowest BCUT2D eigenvalue weighted by atomic mass is 10.1. The molecule has 0 aliphatic rings. The van der Waals surface area contributed by atoms with Crippen molar-refractivity contribution in [2.75, 3.05) is 5.73 Å². The van der Waals surface area contributed by atoms with Gasteiger partial charge in [0.05, 0.1) is 12.7 Å². The Labute approximate surface area is 115 Å². The molecule has 1 aromatic rings. The second-order valence-electron chi connectivity index (χ2n) is 4.78. The summed E-state index contributed by atoms with van der Waals surface area (Å²) < 4.78 is 5.81. The molecule has 0 bridgehead atoms. The van der Waals surface area contributed by atoms with E-state index in [-0.39, 0.29) is 6.10 Å². The molecular weight excluding hydrogens is 246 g/mol. The van der Waals surface area contributed by atoms with E-state index in [1.807, 2.05) is 18.2 Å². The molecule has 1 aromatic carbocycles. The van der Waals surface area contributed by atoms with Crippen LogP contribution in [0.4, 0.5) is 5.69 Å². The van der Waals surface area contributed by atoms with E-state index in [0.717, 1.165) is 12.0 Å². The monoisotopic (exact) mass is 269 g/mol.